The second kappa shape index (κ2) is 10.5. The minimum absolute atomic E-state index is 0.868. The van der Waals surface area contributed by atoms with Gasteiger partial charge in [-0.3, -0.25) is 9.89 Å². The van der Waals surface area contributed by atoms with Crippen LogP contribution in [0.5, 0.6) is 0 Å². The SMILES string of the molecule is CCNC(=NCCCCSC)N1CCN(Cc2ccon2)CC1. The van der Waals surface area contributed by atoms with Crippen LogP contribution < -0.4 is 5.32 Å². The summed E-state index contributed by atoms with van der Waals surface area (Å²) in [5.74, 6) is 2.30. The second-order valence-electron chi connectivity index (χ2n) is 5.69. The van der Waals surface area contributed by atoms with Crippen LogP contribution >= 0.6 is 11.8 Å². The van der Waals surface area contributed by atoms with E-state index in [-0.39, 0.29) is 0 Å². The summed E-state index contributed by atoms with van der Waals surface area (Å²) < 4.78 is 4.90. The number of aliphatic imine (C=N–C) groups is 1. The Labute approximate surface area is 143 Å². The molecule has 2 heterocycles. The molecule has 23 heavy (non-hydrogen) atoms. The Morgan fingerprint density at radius 1 is 1.35 bits per heavy atom. The van der Waals surface area contributed by atoms with Gasteiger partial charge < -0.3 is 14.7 Å². The lowest BCUT2D eigenvalue weighted by Gasteiger charge is -2.36. The van der Waals surface area contributed by atoms with Crippen molar-refractivity contribution in [3.8, 4) is 0 Å². The van der Waals surface area contributed by atoms with E-state index in [9.17, 15) is 0 Å². The molecule has 2 rings (SSSR count). The summed E-state index contributed by atoms with van der Waals surface area (Å²) >= 11 is 1.91. The number of unbranched alkanes of at least 4 members (excludes halogenated alkanes) is 1. The first-order valence-corrected chi connectivity index (χ1v) is 9.86. The molecule has 1 aromatic rings. The number of guanidine groups is 1. The number of thioether (sulfide) groups is 1. The number of rotatable bonds is 8. The predicted octanol–water partition coefficient (Wildman–Crippen LogP) is 1.90. The molecular weight excluding hydrogens is 310 g/mol. The van der Waals surface area contributed by atoms with E-state index in [1.165, 1.54) is 18.6 Å². The normalized spacial score (nSPS) is 16.8. The minimum atomic E-state index is 0.868. The third-order valence-electron chi connectivity index (χ3n) is 3.90. The van der Waals surface area contributed by atoms with E-state index in [0.29, 0.717) is 0 Å². The molecule has 1 aliphatic heterocycles. The van der Waals surface area contributed by atoms with Gasteiger partial charge in [0.25, 0.3) is 0 Å². The first-order chi connectivity index (χ1) is 11.3. The lowest BCUT2D eigenvalue weighted by Crippen LogP contribution is -2.52. The van der Waals surface area contributed by atoms with E-state index in [4.69, 9.17) is 9.52 Å². The standard InChI is InChI=1S/C16H29N5OS/c1-3-17-16(18-7-4-5-13-23-2)21-10-8-20(9-11-21)14-15-6-12-22-19-15/h6,12H,3-5,7-11,13-14H2,1-2H3,(H,17,18). The highest BCUT2D eigenvalue weighted by atomic mass is 32.2. The van der Waals surface area contributed by atoms with Gasteiger partial charge in [-0.1, -0.05) is 5.16 Å². The molecule has 0 amide bonds. The lowest BCUT2D eigenvalue weighted by molar-refractivity contribution is 0.169. The number of nitrogens with one attached hydrogen (secondary N) is 1. The van der Waals surface area contributed by atoms with Crippen LogP contribution in [0.25, 0.3) is 0 Å². The Kier molecular flexibility index (Phi) is 8.31. The highest BCUT2D eigenvalue weighted by Crippen LogP contribution is 2.07. The summed E-state index contributed by atoms with van der Waals surface area (Å²) in [5, 5.41) is 7.42. The topological polar surface area (TPSA) is 56.9 Å². The molecule has 0 radical (unpaired) electrons. The summed E-state index contributed by atoms with van der Waals surface area (Å²) in [7, 11) is 0. The average Bonchev–Trinajstić information content (AvgIpc) is 3.07. The first kappa shape index (κ1) is 18.1. The summed E-state index contributed by atoms with van der Waals surface area (Å²) in [5.41, 5.74) is 1.01. The van der Waals surface area contributed by atoms with E-state index in [2.05, 4.69) is 33.5 Å². The van der Waals surface area contributed by atoms with E-state index < -0.39 is 0 Å². The maximum absolute atomic E-state index is 4.90. The van der Waals surface area contributed by atoms with Gasteiger partial charge in [-0.15, -0.1) is 0 Å². The molecule has 1 N–H and O–H groups in total. The molecule has 0 unspecified atom stereocenters. The van der Waals surface area contributed by atoms with Gasteiger partial charge in [0.05, 0.1) is 5.69 Å². The molecule has 0 atom stereocenters. The van der Waals surface area contributed by atoms with Gasteiger partial charge in [-0.05, 0) is 31.8 Å². The molecule has 130 valence electrons. The van der Waals surface area contributed by atoms with Crippen LogP contribution in [0, 0.1) is 0 Å². The highest BCUT2D eigenvalue weighted by Gasteiger charge is 2.20. The van der Waals surface area contributed by atoms with Crippen molar-refractivity contribution < 1.29 is 4.52 Å². The summed E-state index contributed by atoms with van der Waals surface area (Å²) in [6.45, 7) is 8.91. The maximum atomic E-state index is 4.90. The van der Waals surface area contributed by atoms with Crippen LogP contribution in [0.1, 0.15) is 25.5 Å². The zero-order valence-corrected chi connectivity index (χ0v) is 15.1. The van der Waals surface area contributed by atoms with E-state index in [1.807, 2.05) is 17.8 Å². The number of piperazine rings is 1. The third kappa shape index (κ3) is 6.43. The minimum Gasteiger partial charge on any atom is -0.364 e. The van der Waals surface area contributed by atoms with Crippen LogP contribution in [0.4, 0.5) is 0 Å². The summed E-state index contributed by atoms with van der Waals surface area (Å²) in [6.07, 6.45) is 6.21. The number of hydrogen-bond acceptors (Lipinski definition) is 5. The highest BCUT2D eigenvalue weighted by molar-refractivity contribution is 7.98. The Hall–Kier alpha value is -1.21. The van der Waals surface area contributed by atoms with Crippen molar-refractivity contribution in [3.63, 3.8) is 0 Å². The predicted molar refractivity (Wildman–Crippen MR) is 96.9 cm³/mol. The number of hydrogen-bond donors (Lipinski definition) is 1. The van der Waals surface area contributed by atoms with Crippen LogP contribution in [0.3, 0.4) is 0 Å². The Balaban J connectivity index is 1.76. The Morgan fingerprint density at radius 2 is 2.17 bits per heavy atom. The van der Waals surface area contributed by atoms with Crippen molar-refractivity contribution in [2.45, 2.75) is 26.3 Å². The third-order valence-corrected chi connectivity index (χ3v) is 4.60. The summed E-state index contributed by atoms with van der Waals surface area (Å²) in [6, 6.07) is 1.94. The molecule has 0 bridgehead atoms. The number of nitrogens with zero attached hydrogens (tertiary/aromatic N) is 4. The van der Waals surface area contributed by atoms with Crippen molar-refractivity contribution in [2.24, 2.45) is 4.99 Å². The van der Waals surface area contributed by atoms with E-state index >= 15 is 0 Å². The smallest absolute Gasteiger partial charge is 0.194 e. The Bertz CT molecular complexity index is 443. The van der Waals surface area contributed by atoms with Gasteiger partial charge in [0, 0.05) is 51.9 Å². The molecule has 1 aromatic heterocycles. The zero-order chi connectivity index (χ0) is 16.3. The molecule has 0 spiro atoms. The summed E-state index contributed by atoms with van der Waals surface area (Å²) in [4.78, 5) is 9.57. The van der Waals surface area contributed by atoms with Gasteiger partial charge >= 0.3 is 0 Å². The first-order valence-electron chi connectivity index (χ1n) is 8.47. The quantitative estimate of drug-likeness (QED) is 0.443. The van der Waals surface area contributed by atoms with Crippen LogP contribution in [0.2, 0.25) is 0 Å². The molecule has 0 aromatic carbocycles. The van der Waals surface area contributed by atoms with Gasteiger partial charge in [-0.25, -0.2) is 0 Å². The maximum Gasteiger partial charge on any atom is 0.194 e. The molecule has 1 aliphatic rings. The van der Waals surface area contributed by atoms with Gasteiger partial charge in [0.15, 0.2) is 5.96 Å². The fourth-order valence-corrected chi connectivity index (χ4v) is 3.13. The monoisotopic (exact) mass is 339 g/mol. The molecule has 1 saturated heterocycles. The van der Waals surface area contributed by atoms with E-state index in [0.717, 1.165) is 57.5 Å². The van der Waals surface area contributed by atoms with Crippen molar-refractivity contribution in [1.29, 1.82) is 0 Å². The van der Waals surface area contributed by atoms with Gasteiger partial charge in [0.2, 0.25) is 0 Å². The second-order valence-corrected chi connectivity index (χ2v) is 6.68. The molecule has 7 heteroatoms. The Morgan fingerprint density at radius 3 is 2.83 bits per heavy atom. The van der Waals surface area contributed by atoms with Crippen LogP contribution in [0.15, 0.2) is 21.8 Å². The molecule has 1 fully saturated rings. The fourth-order valence-electron chi connectivity index (χ4n) is 2.63. The van der Waals surface area contributed by atoms with Crippen molar-refractivity contribution in [3.05, 3.63) is 18.0 Å². The zero-order valence-electron chi connectivity index (χ0n) is 14.3. The largest absolute Gasteiger partial charge is 0.364 e. The average molecular weight is 340 g/mol. The molecular formula is C16H29N5OS. The lowest BCUT2D eigenvalue weighted by atomic mass is 10.3. The fraction of sp³-hybridized carbons (Fsp3) is 0.750. The molecule has 0 aliphatic carbocycles. The van der Waals surface area contributed by atoms with Gasteiger partial charge in [0.1, 0.15) is 6.26 Å². The van der Waals surface area contributed by atoms with Crippen LogP contribution in [-0.2, 0) is 6.54 Å². The number of aromatic nitrogens is 1. The molecule has 6 nitrogen and oxygen atoms in total. The van der Waals surface area contributed by atoms with Crippen molar-refractivity contribution in [1.82, 2.24) is 20.3 Å². The van der Waals surface area contributed by atoms with Crippen LogP contribution in [-0.4, -0.2) is 72.2 Å². The van der Waals surface area contributed by atoms with Crippen molar-refractivity contribution in [2.75, 3.05) is 51.3 Å². The van der Waals surface area contributed by atoms with Gasteiger partial charge in [-0.2, -0.15) is 11.8 Å². The van der Waals surface area contributed by atoms with E-state index in [1.54, 1.807) is 6.26 Å². The molecule has 0 saturated carbocycles. The van der Waals surface area contributed by atoms with Crippen molar-refractivity contribution >= 4 is 17.7 Å².